The number of hydrogen-bond acceptors (Lipinski definition) is 5. The van der Waals surface area contributed by atoms with E-state index in [-0.39, 0.29) is 36.5 Å². The van der Waals surface area contributed by atoms with Crippen LogP contribution in [0.2, 0.25) is 0 Å². The lowest BCUT2D eigenvalue weighted by molar-refractivity contribution is -0.137. The summed E-state index contributed by atoms with van der Waals surface area (Å²) in [6.07, 6.45) is 0. The minimum absolute atomic E-state index is 0.0263. The fraction of sp³-hybridized carbons (Fsp3) is 0.310. The lowest BCUT2D eigenvalue weighted by Crippen LogP contribution is -2.63. The number of anilines is 2. The van der Waals surface area contributed by atoms with Gasteiger partial charge in [0.2, 0.25) is 15.9 Å². The third kappa shape index (κ3) is 5.91. The predicted octanol–water partition coefficient (Wildman–Crippen LogP) is 3.25. The van der Waals surface area contributed by atoms with Gasteiger partial charge in [-0.2, -0.15) is 4.31 Å². The van der Waals surface area contributed by atoms with Crippen molar-refractivity contribution in [3.05, 3.63) is 90.5 Å². The number of piperazine rings is 2. The van der Waals surface area contributed by atoms with E-state index >= 15 is 0 Å². The lowest BCUT2D eigenvalue weighted by Gasteiger charge is -2.43. The molecule has 0 spiro atoms. The van der Waals surface area contributed by atoms with Gasteiger partial charge in [-0.25, -0.2) is 13.2 Å². The average molecular weight is 548 g/mol. The molecule has 2 heterocycles. The Bertz CT molecular complexity index is 1390. The van der Waals surface area contributed by atoms with Crippen molar-refractivity contribution < 1.29 is 18.0 Å². The van der Waals surface area contributed by atoms with Crippen molar-refractivity contribution in [1.29, 1.82) is 0 Å². The molecule has 204 valence electrons. The fourth-order valence-electron chi connectivity index (χ4n) is 5.04. The van der Waals surface area contributed by atoms with Gasteiger partial charge in [-0.15, -0.1) is 0 Å². The van der Waals surface area contributed by atoms with Gasteiger partial charge < -0.3 is 20.0 Å². The number of amides is 3. The van der Waals surface area contributed by atoms with Crippen molar-refractivity contribution in [3.8, 4) is 0 Å². The van der Waals surface area contributed by atoms with Crippen LogP contribution in [0.15, 0.2) is 89.8 Å². The number of nitrogens with one attached hydrogen (secondary N) is 1. The Morgan fingerprint density at radius 1 is 0.744 bits per heavy atom. The molecular formula is C29H33N5O4S. The van der Waals surface area contributed by atoms with Crippen molar-refractivity contribution in [1.82, 2.24) is 14.1 Å². The SMILES string of the molecule is Cc1ccc(NC(=O)N2CCN(S(=O)(=O)c3ccccc3)C(C(=O)N3CCN(c4ccccc4)CC3)C2)cc1. The van der Waals surface area contributed by atoms with E-state index in [1.165, 1.54) is 21.3 Å². The van der Waals surface area contributed by atoms with Crippen LogP contribution >= 0.6 is 0 Å². The van der Waals surface area contributed by atoms with E-state index in [9.17, 15) is 18.0 Å². The highest BCUT2D eigenvalue weighted by Gasteiger charge is 2.43. The minimum atomic E-state index is -3.94. The molecule has 1 unspecified atom stereocenters. The normalized spacial score (nSPS) is 18.6. The van der Waals surface area contributed by atoms with Gasteiger partial charge in [-0.05, 0) is 43.3 Å². The van der Waals surface area contributed by atoms with Crippen LogP contribution in [0.5, 0.6) is 0 Å². The van der Waals surface area contributed by atoms with E-state index in [1.807, 2.05) is 61.5 Å². The van der Waals surface area contributed by atoms with Crippen LogP contribution in [0.4, 0.5) is 16.2 Å². The number of urea groups is 1. The number of hydrogen-bond donors (Lipinski definition) is 1. The Kier molecular flexibility index (Phi) is 7.85. The molecule has 2 fully saturated rings. The molecule has 3 amide bonds. The number of aryl methyl sites for hydroxylation is 1. The second-order valence-corrected chi connectivity index (χ2v) is 11.7. The molecule has 10 heteroatoms. The summed E-state index contributed by atoms with van der Waals surface area (Å²) in [5, 5.41) is 2.87. The second kappa shape index (κ2) is 11.5. The van der Waals surface area contributed by atoms with Crippen LogP contribution in [-0.4, -0.2) is 86.3 Å². The summed E-state index contributed by atoms with van der Waals surface area (Å²) in [4.78, 5) is 32.6. The first-order chi connectivity index (χ1) is 18.8. The average Bonchev–Trinajstić information content (AvgIpc) is 2.98. The third-order valence-corrected chi connectivity index (χ3v) is 9.19. The molecule has 2 saturated heterocycles. The number of para-hydroxylation sites is 1. The first-order valence-electron chi connectivity index (χ1n) is 13.1. The lowest BCUT2D eigenvalue weighted by atomic mass is 10.1. The smallest absolute Gasteiger partial charge is 0.321 e. The monoisotopic (exact) mass is 547 g/mol. The van der Waals surface area contributed by atoms with Crippen LogP contribution in [0.25, 0.3) is 0 Å². The quantitative estimate of drug-likeness (QED) is 0.530. The maximum Gasteiger partial charge on any atom is 0.321 e. The summed E-state index contributed by atoms with van der Waals surface area (Å²) in [7, 11) is -3.94. The Balaban J connectivity index is 1.35. The van der Waals surface area contributed by atoms with E-state index in [2.05, 4.69) is 10.2 Å². The van der Waals surface area contributed by atoms with Gasteiger partial charge in [-0.1, -0.05) is 54.1 Å². The number of rotatable bonds is 5. The number of sulfonamides is 1. The first kappa shape index (κ1) is 26.7. The largest absolute Gasteiger partial charge is 0.368 e. The molecule has 9 nitrogen and oxygen atoms in total. The van der Waals surface area contributed by atoms with Crippen molar-refractivity contribution >= 4 is 33.3 Å². The van der Waals surface area contributed by atoms with Crippen LogP contribution in [0, 0.1) is 6.92 Å². The molecule has 0 bridgehead atoms. The van der Waals surface area contributed by atoms with Crippen molar-refractivity contribution in [2.45, 2.75) is 17.9 Å². The summed E-state index contributed by atoms with van der Waals surface area (Å²) in [5.41, 5.74) is 2.81. The molecule has 2 aliphatic rings. The van der Waals surface area contributed by atoms with Crippen LogP contribution < -0.4 is 10.2 Å². The second-order valence-electron chi connectivity index (χ2n) is 9.83. The van der Waals surface area contributed by atoms with Gasteiger partial charge in [0.15, 0.2) is 0 Å². The van der Waals surface area contributed by atoms with Crippen LogP contribution in [-0.2, 0) is 14.8 Å². The third-order valence-electron chi connectivity index (χ3n) is 7.27. The van der Waals surface area contributed by atoms with Crippen molar-refractivity contribution in [3.63, 3.8) is 0 Å². The number of benzene rings is 3. The Morgan fingerprint density at radius 2 is 1.33 bits per heavy atom. The molecular weight excluding hydrogens is 514 g/mol. The van der Waals surface area contributed by atoms with Gasteiger partial charge in [-0.3, -0.25) is 4.79 Å². The predicted molar refractivity (Wildman–Crippen MR) is 151 cm³/mol. The Hall–Kier alpha value is -3.89. The van der Waals surface area contributed by atoms with Gasteiger partial charge in [0, 0.05) is 57.2 Å². The summed E-state index contributed by atoms with van der Waals surface area (Å²) in [6, 6.07) is 24.2. The number of carbonyl (C=O) groups excluding carboxylic acids is 2. The van der Waals surface area contributed by atoms with Gasteiger partial charge in [0.25, 0.3) is 0 Å². The van der Waals surface area contributed by atoms with Gasteiger partial charge >= 0.3 is 6.03 Å². The molecule has 0 saturated carbocycles. The van der Waals surface area contributed by atoms with E-state index in [0.29, 0.717) is 31.9 Å². The summed E-state index contributed by atoms with van der Waals surface area (Å²) in [6.45, 7) is 4.37. The molecule has 5 rings (SSSR count). The molecule has 3 aromatic carbocycles. The van der Waals surface area contributed by atoms with E-state index < -0.39 is 16.1 Å². The number of nitrogens with zero attached hydrogens (tertiary/aromatic N) is 4. The Morgan fingerprint density at radius 3 is 1.97 bits per heavy atom. The van der Waals surface area contributed by atoms with Gasteiger partial charge in [0.05, 0.1) is 4.90 Å². The summed E-state index contributed by atoms with van der Waals surface area (Å²) >= 11 is 0. The summed E-state index contributed by atoms with van der Waals surface area (Å²) in [5.74, 6) is -0.282. The standard InChI is InChI=1S/C29H33N5O4S/c1-23-12-14-24(15-13-23)30-29(36)33-20-21-34(39(37,38)26-10-6-3-7-11-26)27(22-33)28(35)32-18-16-31(17-19-32)25-8-4-2-5-9-25/h2-15,27H,16-22H2,1H3,(H,30,36). The maximum atomic E-state index is 13.9. The maximum absolute atomic E-state index is 13.9. The van der Waals surface area contributed by atoms with Crippen molar-refractivity contribution in [2.75, 3.05) is 56.0 Å². The highest BCUT2D eigenvalue weighted by atomic mass is 32.2. The zero-order chi connectivity index (χ0) is 27.4. The highest BCUT2D eigenvalue weighted by molar-refractivity contribution is 7.89. The van der Waals surface area contributed by atoms with E-state index in [0.717, 1.165) is 11.3 Å². The molecule has 0 aromatic heterocycles. The zero-order valence-corrected chi connectivity index (χ0v) is 22.8. The minimum Gasteiger partial charge on any atom is -0.368 e. The molecule has 1 atom stereocenters. The first-order valence-corrected chi connectivity index (χ1v) is 14.6. The molecule has 39 heavy (non-hydrogen) atoms. The number of carbonyl (C=O) groups is 2. The van der Waals surface area contributed by atoms with Crippen LogP contribution in [0.1, 0.15) is 5.56 Å². The topological polar surface area (TPSA) is 93.3 Å². The van der Waals surface area contributed by atoms with E-state index in [4.69, 9.17) is 0 Å². The molecule has 0 radical (unpaired) electrons. The van der Waals surface area contributed by atoms with Gasteiger partial charge in [0.1, 0.15) is 6.04 Å². The van der Waals surface area contributed by atoms with Crippen molar-refractivity contribution in [2.24, 2.45) is 0 Å². The Labute approximate surface area is 229 Å². The van der Waals surface area contributed by atoms with Crippen LogP contribution in [0.3, 0.4) is 0 Å². The molecule has 1 N–H and O–H groups in total. The highest BCUT2D eigenvalue weighted by Crippen LogP contribution is 2.25. The summed E-state index contributed by atoms with van der Waals surface area (Å²) < 4.78 is 28.6. The molecule has 0 aliphatic carbocycles. The fourth-order valence-corrected chi connectivity index (χ4v) is 6.63. The molecule has 2 aliphatic heterocycles. The van der Waals surface area contributed by atoms with E-state index in [1.54, 1.807) is 23.1 Å². The molecule has 3 aromatic rings. The zero-order valence-electron chi connectivity index (χ0n) is 21.9.